The number of fused-ring (bicyclic) bond motifs is 1. The molecule has 1 aliphatic carbocycles. The van der Waals surface area contributed by atoms with Gasteiger partial charge in [0.2, 0.25) is 5.91 Å². The second-order valence-electron chi connectivity index (χ2n) is 7.95. The fourth-order valence-corrected chi connectivity index (χ4v) is 4.33. The molecule has 0 radical (unpaired) electrons. The van der Waals surface area contributed by atoms with Gasteiger partial charge in [0.05, 0.1) is 13.2 Å². The first-order chi connectivity index (χ1) is 14.5. The Kier molecular flexibility index (Phi) is 5.93. The van der Waals surface area contributed by atoms with Gasteiger partial charge in [0.1, 0.15) is 6.10 Å². The lowest BCUT2D eigenvalue weighted by Gasteiger charge is -2.31. The predicted octanol–water partition coefficient (Wildman–Crippen LogP) is 3.50. The van der Waals surface area contributed by atoms with Crippen LogP contribution < -0.4 is 14.8 Å². The number of benzene rings is 2. The van der Waals surface area contributed by atoms with E-state index in [9.17, 15) is 9.59 Å². The Labute approximate surface area is 177 Å². The maximum Gasteiger partial charge on any atom is 0.251 e. The van der Waals surface area contributed by atoms with Gasteiger partial charge in [0, 0.05) is 38.4 Å². The molecule has 0 saturated carbocycles. The summed E-state index contributed by atoms with van der Waals surface area (Å²) in [5.41, 5.74) is 3.06. The maximum atomic E-state index is 12.9. The smallest absolute Gasteiger partial charge is 0.251 e. The number of carbonyl (C=O) groups excluding carboxylic acids is 2. The van der Waals surface area contributed by atoms with Crippen molar-refractivity contribution in [2.24, 2.45) is 0 Å². The van der Waals surface area contributed by atoms with E-state index in [4.69, 9.17) is 9.47 Å². The molecule has 0 unspecified atom stereocenters. The van der Waals surface area contributed by atoms with Crippen LogP contribution in [0.3, 0.4) is 0 Å². The third-order valence-electron chi connectivity index (χ3n) is 6.04. The van der Waals surface area contributed by atoms with Crippen LogP contribution in [-0.4, -0.2) is 43.0 Å². The third-order valence-corrected chi connectivity index (χ3v) is 6.04. The second-order valence-corrected chi connectivity index (χ2v) is 7.95. The van der Waals surface area contributed by atoms with Crippen LogP contribution in [-0.2, 0) is 11.2 Å². The summed E-state index contributed by atoms with van der Waals surface area (Å²) < 4.78 is 11.6. The van der Waals surface area contributed by atoms with Crippen LogP contribution in [0.25, 0.3) is 0 Å². The molecule has 4 rings (SSSR count). The first-order valence-electron chi connectivity index (χ1n) is 10.5. The molecule has 1 N–H and O–H groups in total. The first-order valence-corrected chi connectivity index (χ1v) is 10.5. The molecular formula is C24H28N2O4. The fraction of sp³-hybridized carbons (Fsp3) is 0.417. The molecule has 30 heavy (non-hydrogen) atoms. The first kappa shape index (κ1) is 20.3. The van der Waals surface area contributed by atoms with E-state index in [1.165, 1.54) is 11.1 Å². The summed E-state index contributed by atoms with van der Waals surface area (Å²) in [6, 6.07) is 13.6. The van der Waals surface area contributed by atoms with E-state index < -0.39 is 0 Å². The Morgan fingerprint density at radius 1 is 1.03 bits per heavy atom. The van der Waals surface area contributed by atoms with Gasteiger partial charge < -0.3 is 19.7 Å². The number of nitrogens with zero attached hydrogens (tertiary/aromatic N) is 1. The van der Waals surface area contributed by atoms with Crippen molar-refractivity contribution < 1.29 is 19.1 Å². The topological polar surface area (TPSA) is 67.9 Å². The Hall–Kier alpha value is -3.02. The molecule has 1 heterocycles. The average molecular weight is 408 g/mol. The van der Waals surface area contributed by atoms with Gasteiger partial charge in [0.15, 0.2) is 11.5 Å². The minimum Gasteiger partial charge on any atom is -0.493 e. The summed E-state index contributed by atoms with van der Waals surface area (Å²) in [7, 11) is 1.59. The maximum absolute atomic E-state index is 12.9. The van der Waals surface area contributed by atoms with Crippen LogP contribution in [0, 0.1) is 0 Å². The molecule has 0 bridgehead atoms. The van der Waals surface area contributed by atoms with Crippen molar-refractivity contribution in [1.82, 2.24) is 10.2 Å². The van der Waals surface area contributed by atoms with E-state index >= 15 is 0 Å². The van der Waals surface area contributed by atoms with Crippen molar-refractivity contribution in [2.75, 3.05) is 20.2 Å². The van der Waals surface area contributed by atoms with Crippen LogP contribution >= 0.6 is 0 Å². The highest BCUT2D eigenvalue weighted by Crippen LogP contribution is 2.33. The van der Waals surface area contributed by atoms with Crippen molar-refractivity contribution in [3.63, 3.8) is 0 Å². The van der Waals surface area contributed by atoms with Crippen molar-refractivity contribution in [3.8, 4) is 11.5 Å². The van der Waals surface area contributed by atoms with Gasteiger partial charge >= 0.3 is 0 Å². The molecular weight excluding hydrogens is 380 g/mol. The number of rotatable bonds is 5. The van der Waals surface area contributed by atoms with E-state index in [2.05, 4.69) is 17.4 Å². The summed E-state index contributed by atoms with van der Waals surface area (Å²) in [6.07, 6.45) is 3.42. The number of piperidine rings is 1. The van der Waals surface area contributed by atoms with Crippen molar-refractivity contribution >= 4 is 11.8 Å². The number of hydrogen-bond acceptors (Lipinski definition) is 4. The van der Waals surface area contributed by atoms with Gasteiger partial charge in [-0.15, -0.1) is 0 Å². The summed E-state index contributed by atoms with van der Waals surface area (Å²) in [4.78, 5) is 26.3. The van der Waals surface area contributed by atoms with Crippen molar-refractivity contribution in [1.29, 1.82) is 0 Å². The number of methoxy groups -OCH3 is 1. The van der Waals surface area contributed by atoms with Gasteiger partial charge in [-0.1, -0.05) is 24.3 Å². The summed E-state index contributed by atoms with van der Waals surface area (Å²) in [5, 5.41) is 3.16. The number of amides is 2. The molecule has 2 aromatic rings. The molecule has 2 aliphatic rings. The SMILES string of the molecule is COc1ccc(C(=O)N[C@@H]2CCc3ccccc32)cc1OC1CCN(C(C)=O)CC1. The lowest BCUT2D eigenvalue weighted by atomic mass is 10.1. The molecule has 2 aromatic carbocycles. The zero-order valence-corrected chi connectivity index (χ0v) is 17.5. The van der Waals surface area contributed by atoms with Gasteiger partial charge in [-0.05, 0) is 42.2 Å². The summed E-state index contributed by atoms with van der Waals surface area (Å²) in [5.74, 6) is 1.15. The number of carbonyl (C=O) groups is 2. The number of aryl methyl sites for hydroxylation is 1. The predicted molar refractivity (Wildman–Crippen MR) is 114 cm³/mol. The minimum atomic E-state index is -0.115. The normalized spacial score (nSPS) is 18.6. The molecule has 1 saturated heterocycles. The molecule has 1 fully saturated rings. The monoisotopic (exact) mass is 408 g/mol. The van der Waals surface area contributed by atoms with Gasteiger partial charge in [-0.3, -0.25) is 9.59 Å². The zero-order valence-electron chi connectivity index (χ0n) is 17.5. The standard InChI is InChI=1S/C24H28N2O4/c1-16(27)26-13-11-19(12-14-26)30-23-15-18(8-10-22(23)29-2)24(28)25-21-9-7-17-5-3-4-6-20(17)21/h3-6,8,10,15,19,21H,7,9,11-14H2,1-2H3,(H,25,28)/t21-/m1/s1. The molecule has 6 heteroatoms. The highest BCUT2D eigenvalue weighted by Gasteiger charge is 2.26. The number of likely N-dealkylation sites (tertiary alicyclic amines) is 1. The van der Waals surface area contributed by atoms with Gasteiger partial charge in [0.25, 0.3) is 5.91 Å². The molecule has 2 amide bonds. The van der Waals surface area contributed by atoms with Crippen LogP contribution in [0.5, 0.6) is 11.5 Å². The highest BCUT2D eigenvalue weighted by molar-refractivity contribution is 5.95. The minimum absolute atomic E-state index is 0.00507. The van der Waals surface area contributed by atoms with E-state index in [0.717, 1.165) is 25.7 Å². The molecule has 0 aromatic heterocycles. The number of ether oxygens (including phenoxy) is 2. The van der Waals surface area contributed by atoms with Gasteiger partial charge in [-0.2, -0.15) is 0 Å². The lowest BCUT2D eigenvalue weighted by Crippen LogP contribution is -2.40. The summed E-state index contributed by atoms with van der Waals surface area (Å²) in [6.45, 7) is 2.96. The summed E-state index contributed by atoms with van der Waals surface area (Å²) >= 11 is 0. The van der Waals surface area contributed by atoms with Crippen molar-refractivity contribution in [3.05, 3.63) is 59.2 Å². The second kappa shape index (κ2) is 8.78. The lowest BCUT2D eigenvalue weighted by molar-refractivity contribution is -0.130. The van der Waals surface area contributed by atoms with Crippen LogP contribution in [0.2, 0.25) is 0 Å². The highest BCUT2D eigenvalue weighted by atomic mass is 16.5. The quantitative estimate of drug-likeness (QED) is 0.822. The fourth-order valence-electron chi connectivity index (χ4n) is 4.33. The molecule has 0 spiro atoms. The van der Waals surface area contributed by atoms with Crippen molar-refractivity contribution in [2.45, 2.75) is 44.8 Å². The number of nitrogens with one attached hydrogen (secondary N) is 1. The Morgan fingerprint density at radius 3 is 2.53 bits per heavy atom. The van der Waals surface area contributed by atoms with E-state index in [-0.39, 0.29) is 24.0 Å². The van der Waals surface area contributed by atoms with Gasteiger partial charge in [-0.25, -0.2) is 0 Å². The van der Waals surface area contributed by atoms with E-state index in [0.29, 0.717) is 30.2 Å². The molecule has 158 valence electrons. The van der Waals surface area contributed by atoms with E-state index in [1.807, 2.05) is 17.0 Å². The Bertz CT molecular complexity index is 935. The Morgan fingerprint density at radius 2 is 1.80 bits per heavy atom. The Balaban J connectivity index is 1.45. The van der Waals surface area contributed by atoms with Crippen LogP contribution in [0.1, 0.15) is 53.7 Å². The van der Waals surface area contributed by atoms with Crippen LogP contribution in [0.4, 0.5) is 0 Å². The average Bonchev–Trinajstić information content (AvgIpc) is 3.17. The van der Waals surface area contributed by atoms with E-state index in [1.54, 1.807) is 32.2 Å². The molecule has 1 aliphatic heterocycles. The number of hydrogen-bond donors (Lipinski definition) is 1. The molecule has 6 nitrogen and oxygen atoms in total. The zero-order chi connectivity index (χ0) is 21.1. The van der Waals surface area contributed by atoms with Crippen LogP contribution in [0.15, 0.2) is 42.5 Å². The molecule has 1 atom stereocenters. The largest absolute Gasteiger partial charge is 0.493 e. The third kappa shape index (κ3) is 4.27.